The molecule has 176 valence electrons. The van der Waals surface area contributed by atoms with E-state index in [2.05, 4.69) is 20.6 Å². The zero-order valence-electron chi connectivity index (χ0n) is 18.8. The van der Waals surface area contributed by atoms with E-state index in [1.165, 1.54) is 10.6 Å². The average Bonchev–Trinajstić information content (AvgIpc) is 3.23. The number of hydrogen-bond donors (Lipinski definition) is 2. The van der Waals surface area contributed by atoms with E-state index in [1.807, 2.05) is 13.8 Å². The molecule has 0 atom stereocenters. The van der Waals surface area contributed by atoms with E-state index < -0.39 is 6.03 Å². The van der Waals surface area contributed by atoms with Crippen LogP contribution >= 0.6 is 11.6 Å². The second-order valence-electron chi connectivity index (χ2n) is 7.66. The minimum atomic E-state index is -0.489. The number of rotatable bonds is 7. The molecule has 34 heavy (non-hydrogen) atoms. The third kappa shape index (κ3) is 5.12. The van der Waals surface area contributed by atoms with Gasteiger partial charge in [0.15, 0.2) is 0 Å². The Kier molecular flexibility index (Phi) is 6.69. The fourth-order valence-electron chi connectivity index (χ4n) is 3.27. The van der Waals surface area contributed by atoms with Crippen LogP contribution in [0.15, 0.2) is 59.7 Å². The number of amides is 2. The van der Waals surface area contributed by atoms with Gasteiger partial charge in [0, 0.05) is 28.9 Å². The number of nitrogens with zero attached hydrogens (tertiary/aromatic N) is 4. The van der Waals surface area contributed by atoms with Gasteiger partial charge in [0.2, 0.25) is 0 Å². The molecule has 2 amide bonds. The molecule has 0 aliphatic rings. The normalized spacial score (nSPS) is 11.0. The van der Waals surface area contributed by atoms with E-state index in [9.17, 15) is 9.59 Å². The first kappa shape index (κ1) is 23.1. The standard InChI is InChI=1S/C23H23ClN6O4/c1-14(2)29-13-25-22-26-17(11-21(31)30(22)29)12-34-20-8-7-15(24)9-19(20)28-23(32)27-16-5-4-6-18(10-16)33-3/h4-11,13-14H,12H2,1-3H3,(H2,27,28,32). The van der Waals surface area contributed by atoms with Crippen molar-refractivity contribution in [3.8, 4) is 11.5 Å². The van der Waals surface area contributed by atoms with Gasteiger partial charge in [-0.3, -0.25) is 9.48 Å². The minimum Gasteiger partial charge on any atom is -0.497 e. The lowest BCUT2D eigenvalue weighted by Gasteiger charge is -2.14. The molecule has 0 saturated carbocycles. The first-order valence-corrected chi connectivity index (χ1v) is 10.8. The number of benzene rings is 2. The Bertz CT molecular complexity index is 1400. The zero-order chi connectivity index (χ0) is 24.2. The Morgan fingerprint density at radius 1 is 1.15 bits per heavy atom. The van der Waals surface area contributed by atoms with E-state index in [0.717, 1.165) is 0 Å². The second kappa shape index (κ2) is 9.84. The molecule has 0 aliphatic heterocycles. The van der Waals surface area contributed by atoms with Crippen LogP contribution in [0.1, 0.15) is 25.6 Å². The van der Waals surface area contributed by atoms with Crippen LogP contribution in [0.5, 0.6) is 11.5 Å². The van der Waals surface area contributed by atoms with Gasteiger partial charge in [0.25, 0.3) is 11.3 Å². The van der Waals surface area contributed by atoms with Crippen LogP contribution in [-0.2, 0) is 6.61 Å². The molecule has 2 N–H and O–H groups in total. The van der Waals surface area contributed by atoms with Gasteiger partial charge >= 0.3 is 6.03 Å². The Morgan fingerprint density at radius 3 is 2.74 bits per heavy atom. The summed E-state index contributed by atoms with van der Waals surface area (Å²) in [5.74, 6) is 1.26. The number of urea groups is 1. The molecule has 4 rings (SSSR count). The van der Waals surface area contributed by atoms with Crippen molar-refractivity contribution in [2.45, 2.75) is 26.5 Å². The summed E-state index contributed by atoms with van der Waals surface area (Å²) in [5.41, 5.74) is 1.05. The van der Waals surface area contributed by atoms with Crippen molar-refractivity contribution >= 4 is 34.8 Å². The summed E-state index contributed by atoms with van der Waals surface area (Å²) in [6.45, 7) is 3.89. The Morgan fingerprint density at radius 2 is 1.97 bits per heavy atom. The molecule has 0 saturated heterocycles. The van der Waals surface area contributed by atoms with Gasteiger partial charge in [-0.25, -0.2) is 9.78 Å². The number of nitrogens with one attached hydrogen (secondary N) is 2. The van der Waals surface area contributed by atoms with Crippen LogP contribution in [0, 0.1) is 0 Å². The van der Waals surface area contributed by atoms with Crippen LogP contribution < -0.4 is 25.7 Å². The molecule has 11 heteroatoms. The van der Waals surface area contributed by atoms with E-state index in [4.69, 9.17) is 21.1 Å². The lowest BCUT2D eigenvalue weighted by atomic mass is 10.3. The van der Waals surface area contributed by atoms with Gasteiger partial charge in [-0.1, -0.05) is 17.7 Å². The molecule has 0 spiro atoms. The number of hydrogen-bond acceptors (Lipinski definition) is 6. The number of aromatic nitrogens is 4. The number of halogens is 1. The number of ether oxygens (including phenoxy) is 2. The highest BCUT2D eigenvalue weighted by Gasteiger charge is 2.13. The number of carbonyl (C=O) groups is 1. The molecule has 4 aromatic rings. The maximum Gasteiger partial charge on any atom is 0.323 e. The zero-order valence-corrected chi connectivity index (χ0v) is 19.5. The lowest BCUT2D eigenvalue weighted by Crippen LogP contribution is -2.23. The van der Waals surface area contributed by atoms with Gasteiger partial charge in [-0.2, -0.15) is 9.50 Å². The monoisotopic (exact) mass is 482 g/mol. The van der Waals surface area contributed by atoms with Gasteiger partial charge in [-0.15, -0.1) is 0 Å². The minimum absolute atomic E-state index is 0.00586. The Balaban J connectivity index is 1.50. The van der Waals surface area contributed by atoms with Crippen molar-refractivity contribution in [1.29, 1.82) is 0 Å². The van der Waals surface area contributed by atoms with Crippen molar-refractivity contribution in [2.75, 3.05) is 17.7 Å². The molecule has 0 radical (unpaired) electrons. The number of methoxy groups -OCH3 is 1. The number of carbonyl (C=O) groups excluding carboxylic acids is 1. The summed E-state index contributed by atoms with van der Waals surface area (Å²) in [6.07, 6.45) is 1.57. The maximum atomic E-state index is 12.6. The molecule has 0 aliphatic carbocycles. The van der Waals surface area contributed by atoms with Crippen LogP contribution in [-0.4, -0.2) is 32.3 Å². The van der Waals surface area contributed by atoms with Crippen molar-refractivity contribution in [3.63, 3.8) is 0 Å². The SMILES string of the molecule is COc1cccc(NC(=O)Nc2cc(Cl)ccc2OCc2cc(=O)n3c(ncn3C(C)C)n2)c1. The number of fused-ring (bicyclic) bond motifs is 1. The van der Waals surface area contributed by atoms with Crippen molar-refractivity contribution in [3.05, 3.63) is 75.9 Å². The summed E-state index contributed by atoms with van der Waals surface area (Å²) in [5, 5.41) is 5.87. The van der Waals surface area contributed by atoms with Gasteiger partial charge < -0.3 is 20.1 Å². The predicted molar refractivity (Wildman–Crippen MR) is 129 cm³/mol. The maximum absolute atomic E-state index is 12.6. The van der Waals surface area contributed by atoms with Crippen LogP contribution in [0.4, 0.5) is 16.2 Å². The molecule has 0 bridgehead atoms. The van der Waals surface area contributed by atoms with Gasteiger partial charge in [0.1, 0.15) is 24.4 Å². The fourth-order valence-corrected chi connectivity index (χ4v) is 3.45. The highest BCUT2D eigenvalue weighted by atomic mass is 35.5. The molecule has 0 fully saturated rings. The summed E-state index contributed by atoms with van der Waals surface area (Å²) >= 11 is 6.12. The quantitative estimate of drug-likeness (QED) is 0.405. The fraction of sp³-hybridized carbons (Fsp3) is 0.217. The van der Waals surface area contributed by atoms with Crippen LogP contribution in [0.3, 0.4) is 0 Å². The Labute approximate surface area is 200 Å². The Hall–Kier alpha value is -4.05. The van der Waals surface area contributed by atoms with Crippen molar-refractivity contribution in [1.82, 2.24) is 19.2 Å². The topological polar surface area (TPSA) is 112 Å². The highest BCUT2D eigenvalue weighted by Crippen LogP contribution is 2.29. The predicted octanol–water partition coefficient (Wildman–Crippen LogP) is 4.36. The lowest BCUT2D eigenvalue weighted by molar-refractivity contribution is 0.261. The summed E-state index contributed by atoms with van der Waals surface area (Å²) < 4.78 is 14.1. The third-order valence-electron chi connectivity index (χ3n) is 4.88. The second-order valence-corrected chi connectivity index (χ2v) is 8.09. The molecule has 2 aromatic carbocycles. The smallest absolute Gasteiger partial charge is 0.323 e. The van der Waals surface area contributed by atoms with E-state index in [0.29, 0.717) is 33.6 Å². The average molecular weight is 483 g/mol. The van der Waals surface area contributed by atoms with E-state index >= 15 is 0 Å². The molecule has 2 heterocycles. The third-order valence-corrected chi connectivity index (χ3v) is 5.11. The molecular weight excluding hydrogens is 460 g/mol. The van der Waals surface area contributed by atoms with Crippen LogP contribution in [0.2, 0.25) is 5.02 Å². The van der Waals surface area contributed by atoms with Crippen molar-refractivity contribution in [2.24, 2.45) is 0 Å². The number of anilines is 2. The van der Waals surface area contributed by atoms with Gasteiger partial charge in [-0.05, 0) is 44.2 Å². The summed E-state index contributed by atoms with van der Waals surface area (Å²) in [4.78, 5) is 33.7. The van der Waals surface area contributed by atoms with Gasteiger partial charge in [0.05, 0.1) is 18.5 Å². The summed E-state index contributed by atoms with van der Waals surface area (Å²) in [6, 6.07) is 12.8. The molecular formula is C23H23ClN6O4. The van der Waals surface area contributed by atoms with Crippen molar-refractivity contribution < 1.29 is 14.3 Å². The first-order valence-electron chi connectivity index (χ1n) is 10.4. The highest BCUT2D eigenvalue weighted by molar-refractivity contribution is 6.31. The largest absolute Gasteiger partial charge is 0.497 e. The van der Waals surface area contributed by atoms with E-state index in [-0.39, 0.29) is 24.0 Å². The first-order chi connectivity index (χ1) is 16.3. The molecule has 0 unspecified atom stereocenters. The molecule has 2 aromatic heterocycles. The summed E-state index contributed by atoms with van der Waals surface area (Å²) in [7, 11) is 1.55. The molecule has 10 nitrogen and oxygen atoms in total. The van der Waals surface area contributed by atoms with Crippen LogP contribution in [0.25, 0.3) is 5.78 Å². The van der Waals surface area contributed by atoms with E-state index in [1.54, 1.807) is 60.6 Å².